The van der Waals surface area contributed by atoms with Crippen LogP contribution < -0.4 is 10.0 Å². The van der Waals surface area contributed by atoms with Crippen LogP contribution in [0.15, 0.2) is 56.5 Å². The normalized spacial score (nSPS) is 17.9. The zero-order valence-electron chi connectivity index (χ0n) is 17.1. The van der Waals surface area contributed by atoms with Crippen LogP contribution in [0.2, 0.25) is 0 Å². The summed E-state index contributed by atoms with van der Waals surface area (Å²) < 4.78 is 33.3. The van der Waals surface area contributed by atoms with Crippen molar-refractivity contribution in [1.29, 1.82) is 0 Å². The SMILES string of the molecule is Cc1cc2c(o1)CC(C)(C)CC2NC(=O)c1ccc(NS(=O)(=O)c2cccs2)cc1. The molecule has 0 bridgehead atoms. The number of amides is 1. The Morgan fingerprint density at radius 3 is 2.60 bits per heavy atom. The van der Waals surface area contributed by atoms with E-state index in [1.165, 1.54) is 0 Å². The Morgan fingerprint density at radius 1 is 1.20 bits per heavy atom. The number of anilines is 1. The van der Waals surface area contributed by atoms with Gasteiger partial charge >= 0.3 is 0 Å². The van der Waals surface area contributed by atoms with Gasteiger partial charge in [0.15, 0.2) is 0 Å². The van der Waals surface area contributed by atoms with Crippen LogP contribution in [0.4, 0.5) is 5.69 Å². The van der Waals surface area contributed by atoms with Crippen molar-refractivity contribution in [2.75, 3.05) is 4.72 Å². The van der Waals surface area contributed by atoms with E-state index in [0.29, 0.717) is 11.3 Å². The maximum Gasteiger partial charge on any atom is 0.271 e. The van der Waals surface area contributed by atoms with E-state index in [2.05, 4.69) is 23.9 Å². The van der Waals surface area contributed by atoms with Gasteiger partial charge in [0.05, 0.1) is 6.04 Å². The first-order valence-corrected chi connectivity index (χ1v) is 12.1. The Morgan fingerprint density at radius 2 is 1.93 bits per heavy atom. The fourth-order valence-electron chi connectivity index (χ4n) is 3.87. The predicted octanol–water partition coefficient (Wildman–Crippen LogP) is 4.89. The summed E-state index contributed by atoms with van der Waals surface area (Å²) in [6.07, 6.45) is 1.67. The maximum absolute atomic E-state index is 12.8. The van der Waals surface area contributed by atoms with Crippen molar-refractivity contribution in [3.63, 3.8) is 0 Å². The summed E-state index contributed by atoms with van der Waals surface area (Å²) in [5.41, 5.74) is 1.95. The summed E-state index contributed by atoms with van der Waals surface area (Å²) in [7, 11) is -3.61. The van der Waals surface area contributed by atoms with Crippen molar-refractivity contribution in [2.45, 2.75) is 43.9 Å². The number of hydrogen-bond acceptors (Lipinski definition) is 5. The van der Waals surface area contributed by atoms with E-state index in [4.69, 9.17) is 4.42 Å². The molecule has 3 aromatic rings. The van der Waals surface area contributed by atoms with Gasteiger partial charge in [0.25, 0.3) is 15.9 Å². The van der Waals surface area contributed by atoms with Crippen LogP contribution in [-0.4, -0.2) is 14.3 Å². The zero-order chi connectivity index (χ0) is 21.5. The smallest absolute Gasteiger partial charge is 0.271 e. The van der Waals surface area contributed by atoms with Crippen LogP contribution in [0.1, 0.15) is 53.8 Å². The molecule has 1 aliphatic carbocycles. The highest BCUT2D eigenvalue weighted by atomic mass is 32.2. The Balaban J connectivity index is 1.48. The van der Waals surface area contributed by atoms with Gasteiger partial charge in [-0.1, -0.05) is 19.9 Å². The number of hydrogen-bond donors (Lipinski definition) is 2. The summed E-state index contributed by atoms with van der Waals surface area (Å²) >= 11 is 1.15. The minimum Gasteiger partial charge on any atom is -0.466 e. The lowest BCUT2D eigenvalue weighted by molar-refractivity contribution is 0.0917. The minimum absolute atomic E-state index is 0.0270. The molecule has 1 atom stereocenters. The highest BCUT2D eigenvalue weighted by Crippen LogP contribution is 2.42. The number of carbonyl (C=O) groups is 1. The van der Waals surface area contributed by atoms with Crippen molar-refractivity contribution < 1.29 is 17.6 Å². The lowest BCUT2D eigenvalue weighted by atomic mass is 9.74. The fourth-order valence-corrected chi connectivity index (χ4v) is 5.92. The number of furan rings is 1. The van der Waals surface area contributed by atoms with E-state index in [0.717, 1.165) is 41.3 Å². The average Bonchev–Trinajstić information content (AvgIpc) is 3.31. The molecule has 30 heavy (non-hydrogen) atoms. The Bertz CT molecular complexity index is 1160. The van der Waals surface area contributed by atoms with Gasteiger partial charge in [0.2, 0.25) is 0 Å². The average molecular weight is 445 g/mol. The van der Waals surface area contributed by atoms with E-state index in [9.17, 15) is 13.2 Å². The molecule has 0 saturated carbocycles. The number of nitrogens with one attached hydrogen (secondary N) is 2. The number of thiophene rings is 1. The largest absolute Gasteiger partial charge is 0.466 e. The van der Waals surface area contributed by atoms with Crippen LogP contribution in [0, 0.1) is 12.3 Å². The number of rotatable bonds is 5. The quantitative estimate of drug-likeness (QED) is 0.586. The summed E-state index contributed by atoms with van der Waals surface area (Å²) in [6, 6.07) is 11.5. The lowest BCUT2D eigenvalue weighted by Gasteiger charge is -2.34. The van der Waals surface area contributed by atoms with Crippen molar-refractivity contribution in [3.05, 3.63) is 70.5 Å². The molecule has 158 valence electrons. The number of sulfonamides is 1. The summed E-state index contributed by atoms with van der Waals surface area (Å²) in [5, 5.41) is 4.82. The zero-order valence-corrected chi connectivity index (χ0v) is 18.7. The van der Waals surface area contributed by atoms with Crippen LogP contribution in [-0.2, 0) is 16.4 Å². The summed E-state index contributed by atoms with van der Waals surface area (Å²) in [6.45, 7) is 6.25. The Hall–Kier alpha value is -2.58. The molecule has 0 radical (unpaired) electrons. The lowest BCUT2D eigenvalue weighted by Crippen LogP contribution is -2.36. The molecule has 1 unspecified atom stereocenters. The molecule has 2 heterocycles. The molecule has 8 heteroatoms. The van der Waals surface area contributed by atoms with E-state index in [1.807, 2.05) is 13.0 Å². The molecule has 1 aromatic carbocycles. The van der Waals surface area contributed by atoms with Gasteiger partial charge in [-0.25, -0.2) is 8.42 Å². The van der Waals surface area contributed by atoms with Gasteiger partial charge in [-0.15, -0.1) is 11.3 Å². The number of benzene rings is 1. The van der Waals surface area contributed by atoms with Crippen molar-refractivity contribution in [2.24, 2.45) is 5.41 Å². The van der Waals surface area contributed by atoms with Crippen LogP contribution in [0.25, 0.3) is 0 Å². The van der Waals surface area contributed by atoms with Gasteiger partial charge in [0, 0.05) is 23.2 Å². The predicted molar refractivity (Wildman–Crippen MR) is 117 cm³/mol. The molecule has 2 aromatic heterocycles. The van der Waals surface area contributed by atoms with E-state index in [-0.39, 0.29) is 21.6 Å². The molecule has 0 fully saturated rings. The van der Waals surface area contributed by atoms with E-state index >= 15 is 0 Å². The van der Waals surface area contributed by atoms with Crippen LogP contribution >= 0.6 is 11.3 Å². The highest BCUT2D eigenvalue weighted by Gasteiger charge is 2.35. The van der Waals surface area contributed by atoms with E-state index in [1.54, 1.807) is 41.8 Å². The second-order valence-corrected chi connectivity index (χ2v) is 11.3. The molecule has 0 saturated heterocycles. The fraction of sp³-hybridized carbons (Fsp3) is 0.318. The number of aryl methyl sites for hydroxylation is 1. The number of carbonyl (C=O) groups excluding carboxylic acids is 1. The monoisotopic (exact) mass is 444 g/mol. The highest BCUT2D eigenvalue weighted by molar-refractivity contribution is 7.94. The first kappa shape index (κ1) is 20.7. The topological polar surface area (TPSA) is 88.4 Å². The van der Waals surface area contributed by atoms with Gasteiger partial charge in [0.1, 0.15) is 15.7 Å². The van der Waals surface area contributed by atoms with Gasteiger partial charge in [-0.3, -0.25) is 9.52 Å². The molecule has 4 rings (SSSR count). The Labute approximate surface area is 180 Å². The Kier molecular flexibility index (Phi) is 5.23. The molecule has 6 nitrogen and oxygen atoms in total. The molecule has 2 N–H and O–H groups in total. The van der Waals surface area contributed by atoms with Crippen molar-refractivity contribution >= 4 is 33.0 Å². The number of fused-ring (bicyclic) bond motifs is 1. The van der Waals surface area contributed by atoms with Gasteiger partial charge < -0.3 is 9.73 Å². The van der Waals surface area contributed by atoms with Crippen LogP contribution in [0.5, 0.6) is 0 Å². The molecule has 0 spiro atoms. The van der Waals surface area contributed by atoms with E-state index < -0.39 is 10.0 Å². The summed E-state index contributed by atoms with van der Waals surface area (Å²) in [4.78, 5) is 12.8. The minimum atomic E-state index is -3.61. The maximum atomic E-state index is 12.8. The first-order chi connectivity index (χ1) is 14.1. The molecular formula is C22H24N2O4S2. The molecular weight excluding hydrogens is 420 g/mol. The third-order valence-electron chi connectivity index (χ3n) is 5.20. The first-order valence-electron chi connectivity index (χ1n) is 9.69. The second kappa shape index (κ2) is 7.59. The third-order valence-corrected chi connectivity index (χ3v) is 7.98. The standard InChI is InChI=1S/C22H24N2O4S2/c1-14-11-17-18(12-22(2,3)13-19(17)28-14)23-21(25)15-6-8-16(9-7-15)24-30(26,27)20-5-4-10-29-20/h4-11,18,24H,12-13H2,1-3H3,(H,23,25). The van der Waals surface area contributed by atoms with Crippen molar-refractivity contribution in [3.8, 4) is 0 Å². The van der Waals surface area contributed by atoms with Crippen LogP contribution in [0.3, 0.4) is 0 Å². The summed E-state index contributed by atoms with van der Waals surface area (Å²) in [5.74, 6) is 1.59. The van der Waals surface area contributed by atoms with Gasteiger partial charge in [-0.05, 0) is 60.5 Å². The molecule has 1 aliphatic rings. The molecule has 0 aliphatic heterocycles. The molecule has 1 amide bonds. The second-order valence-electron chi connectivity index (χ2n) is 8.42. The van der Waals surface area contributed by atoms with Gasteiger partial charge in [-0.2, -0.15) is 0 Å². The van der Waals surface area contributed by atoms with Crippen molar-refractivity contribution in [1.82, 2.24) is 5.32 Å². The third kappa shape index (κ3) is 4.29.